The van der Waals surface area contributed by atoms with Crippen LogP contribution in [0.3, 0.4) is 0 Å². The molecule has 1 atom stereocenters. The van der Waals surface area contributed by atoms with Crippen LogP contribution in [0.2, 0.25) is 0 Å². The van der Waals surface area contributed by atoms with Crippen molar-refractivity contribution < 1.29 is 4.79 Å². The summed E-state index contributed by atoms with van der Waals surface area (Å²) in [5.74, 6) is 0.00650. The fraction of sp³-hybridized carbons (Fsp3) is 0.444. The first-order valence-corrected chi connectivity index (χ1v) is 8.37. The first-order valence-electron chi connectivity index (χ1n) is 8.37. The summed E-state index contributed by atoms with van der Waals surface area (Å²) in [7, 11) is 0. The fourth-order valence-electron chi connectivity index (χ4n) is 3.02. The van der Waals surface area contributed by atoms with Crippen molar-refractivity contribution in [2.75, 3.05) is 19.6 Å². The number of aryl methyl sites for hydroxylation is 2. The lowest BCUT2D eigenvalue weighted by molar-refractivity contribution is 0.0628. The van der Waals surface area contributed by atoms with Crippen LogP contribution >= 0.6 is 0 Å². The monoisotopic (exact) mass is 312 g/mol. The number of carbonyl (C=O) groups excluding carboxylic acids is 1. The lowest BCUT2D eigenvalue weighted by Crippen LogP contribution is -2.48. The Labute approximate surface area is 137 Å². The summed E-state index contributed by atoms with van der Waals surface area (Å²) in [6.07, 6.45) is 1.88. The highest BCUT2D eigenvalue weighted by Crippen LogP contribution is 2.24. The number of nitrogens with one attached hydrogen (secondary N) is 2. The van der Waals surface area contributed by atoms with E-state index in [9.17, 15) is 4.79 Å². The van der Waals surface area contributed by atoms with Gasteiger partial charge >= 0.3 is 0 Å². The number of carbonyl (C=O) groups is 1. The standard InChI is InChI=1S/C18H24N4O/c1-3-13-5-7-14(8-6-13)17-12-19-9-10-22(17)18(23)16-11-15(4-2)20-21-16/h5-8,11,17,19H,3-4,9-10,12H2,1-2H3,(H,20,21). The molecule has 2 aromatic rings. The average Bonchev–Trinajstić information content (AvgIpc) is 3.10. The highest BCUT2D eigenvalue weighted by Gasteiger charge is 2.29. The van der Waals surface area contributed by atoms with E-state index in [0.29, 0.717) is 12.2 Å². The number of H-pyrrole nitrogens is 1. The smallest absolute Gasteiger partial charge is 0.274 e. The van der Waals surface area contributed by atoms with Gasteiger partial charge in [0.15, 0.2) is 0 Å². The summed E-state index contributed by atoms with van der Waals surface area (Å²) in [6, 6.07) is 10.5. The highest BCUT2D eigenvalue weighted by molar-refractivity contribution is 5.92. The third-order valence-corrected chi connectivity index (χ3v) is 4.51. The van der Waals surface area contributed by atoms with Crippen LogP contribution in [-0.2, 0) is 12.8 Å². The number of hydrogen-bond donors (Lipinski definition) is 2. The van der Waals surface area contributed by atoms with E-state index in [1.807, 2.05) is 17.9 Å². The third-order valence-electron chi connectivity index (χ3n) is 4.51. The first kappa shape index (κ1) is 15.7. The normalized spacial score (nSPS) is 18.2. The molecule has 2 N–H and O–H groups in total. The third kappa shape index (κ3) is 3.29. The average molecular weight is 312 g/mol. The molecule has 1 unspecified atom stereocenters. The van der Waals surface area contributed by atoms with E-state index < -0.39 is 0 Å². The van der Waals surface area contributed by atoms with Gasteiger partial charge < -0.3 is 10.2 Å². The van der Waals surface area contributed by atoms with E-state index >= 15 is 0 Å². The quantitative estimate of drug-likeness (QED) is 0.911. The van der Waals surface area contributed by atoms with Gasteiger partial charge in [-0.05, 0) is 30.0 Å². The summed E-state index contributed by atoms with van der Waals surface area (Å²) in [5.41, 5.74) is 4.00. The molecule has 5 nitrogen and oxygen atoms in total. The number of aromatic amines is 1. The molecule has 0 aliphatic carbocycles. The molecular weight excluding hydrogens is 288 g/mol. The Hall–Kier alpha value is -2.14. The molecule has 5 heteroatoms. The van der Waals surface area contributed by atoms with Gasteiger partial charge in [-0.2, -0.15) is 5.10 Å². The second kappa shape index (κ2) is 6.96. The SMILES string of the molecule is CCc1ccc(C2CNCCN2C(=O)c2cc(CC)[nH]n2)cc1. The predicted octanol–water partition coefficient (Wildman–Crippen LogP) is 2.32. The van der Waals surface area contributed by atoms with Crippen LogP contribution in [0.25, 0.3) is 0 Å². The van der Waals surface area contributed by atoms with Crippen molar-refractivity contribution in [2.45, 2.75) is 32.7 Å². The van der Waals surface area contributed by atoms with Gasteiger partial charge in [0.2, 0.25) is 0 Å². The van der Waals surface area contributed by atoms with E-state index in [2.05, 4.69) is 46.7 Å². The summed E-state index contributed by atoms with van der Waals surface area (Å²) in [4.78, 5) is 14.8. The van der Waals surface area contributed by atoms with Gasteiger partial charge in [0, 0.05) is 25.3 Å². The molecule has 1 amide bonds. The van der Waals surface area contributed by atoms with Crippen molar-refractivity contribution in [1.29, 1.82) is 0 Å². The number of benzene rings is 1. The van der Waals surface area contributed by atoms with Crippen LogP contribution in [-0.4, -0.2) is 40.6 Å². The molecule has 3 rings (SSSR count). The van der Waals surface area contributed by atoms with E-state index in [0.717, 1.165) is 31.6 Å². The lowest BCUT2D eigenvalue weighted by Gasteiger charge is -2.36. The van der Waals surface area contributed by atoms with Crippen molar-refractivity contribution in [3.63, 3.8) is 0 Å². The van der Waals surface area contributed by atoms with E-state index in [4.69, 9.17) is 0 Å². The van der Waals surface area contributed by atoms with Crippen molar-refractivity contribution in [3.05, 3.63) is 52.8 Å². The Morgan fingerprint density at radius 3 is 2.70 bits per heavy atom. The molecule has 1 aliphatic rings. The molecule has 2 heterocycles. The predicted molar refractivity (Wildman–Crippen MR) is 90.4 cm³/mol. The largest absolute Gasteiger partial charge is 0.328 e. The zero-order chi connectivity index (χ0) is 16.2. The van der Waals surface area contributed by atoms with Crippen LogP contribution in [0, 0.1) is 0 Å². The summed E-state index contributed by atoms with van der Waals surface area (Å²) >= 11 is 0. The maximum atomic E-state index is 12.9. The van der Waals surface area contributed by atoms with Crippen LogP contribution in [0.5, 0.6) is 0 Å². The fourth-order valence-corrected chi connectivity index (χ4v) is 3.02. The van der Waals surface area contributed by atoms with Crippen molar-refractivity contribution >= 4 is 5.91 Å². The Morgan fingerprint density at radius 1 is 1.26 bits per heavy atom. The second-order valence-electron chi connectivity index (χ2n) is 5.95. The zero-order valence-electron chi connectivity index (χ0n) is 13.8. The van der Waals surface area contributed by atoms with Gasteiger partial charge in [0.25, 0.3) is 5.91 Å². The summed E-state index contributed by atoms with van der Waals surface area (Å²) in [5, 5.41) is 10.5. The Balaban J connectivity index is 1.83. The topological polar surface area (TPSA) is 61.0 Å². The Bertz CT molecular complexity index is 662. The minimum absolute atomic E-state index is 0.00650. The summed E-state index contributed by atoms with van der Waals surface area (Å²) in [6.45, 7) is 6.50. The van der Waals surface area contributed by atoms with Gasteiger partial charge in [-0.1, -0.05) is 38.1 Å². The maximum Gasteiger partial charge on any atom is 0.274 e. The molecule has 1 aromatic carbocycles. The van der Waals surface area contributed by atoms with Gasteiger partial charge in [-0.15, -0.1) is 0 Å². The molecule has 0 spiro atoms. The van der Waals surface area contributed by atoms with E-state index in [-0.39, 0.29) is 11.9 Å². The zero-order valence-corrected chi connectivity index (χ0v) is 13.8. The molecule has 1 fully saturated rings. The van der Waals surface area contributed by atoms with Crippen LogP contribution in [0.15, 0.2) is 30.3 Å². The second-order valence-corrected chi connectivity index (χ2v) is 5.95. The number of aromatic nitrogens is 2. The minimum Gasteiger partial charge on any atom is -0.328 e. The number of hydrogen-bond acceptors (Lipinski definition) is 3. The van der Waals surface area contributed by atoms with Crippen molar-refractivity contribution in [2.24, 2.45) is 0 Å². The molecule has 23 heavy (non-hydrogen) atoms. The maximum absolute atomic E-state index is 12.9. The number of amides is 1. The molecule has 0 bridgehead atoms. The van der Waals surface area contributed by atoms with Gasteiger partial charge in [-0.3, -0.25) is 9.89 Å². The van der Waals surface area contributed by atoms with E-state index in [1.54, 1.807) is 0 Å². The molecule has 0 saturated carbocycles. The van der Waals surface area contributed by atoms with Gasteiger partial charge in [0.05, 0.1) is 6.04 Å². The molecule has 1 aliphatic heterocycles. The highest BCUT2D eigenvalue weighted by atomic mass is 16.2. The number of piperazine rings is 1. The van der Waals surface area contributed by atoms with Crippen LogP contribution in [0.4, 0.5) is 0 Å². The molecule has 0 radical (unpaired) electrons. The molecule has 122 valence electrons. The molecule has 1 saturated heterocycles. The van der Waals surface area contributed by atoms with Crippen molar-refractivity contribution in [3.8, 4) is 0 Å². The minimum atomic E-state index is 0.00650. The summed E-state index contributed by atoms with van der Waals surface area (Å²) < 4.78 is 0. The Morgan fingerprint density at radius 2 is 2.04 bits per heavy atom. The van der Waals surface area contributed by atoms with Crippen molar-refractivity contribution in [1.82, 2.24) is 20.4 Å². The van der Waals surface area contributed by atoms with Crippen LogP contribution in [0.1, 0.15) is 47.2 Å². The lowest BCUT2D eigenvalue weighted by atomic mass is 10.0. The Kier molecular flexibility index (Phi) is 4.76. The van der Waals surface area contributed by atoms with Gasteiger partial charge in [0.1, 0.15) is 5.69 Å². The van der Waals surface area contributed by atoms with E-state index in [1.165, 1.54) is 11.1 Å². The van der Waals surface area contributed by atoms with Crippen LogP contribution < -0.4 is 5.32 Å². The number of nitrogens with zero attached hydrogens (tertiary/aromatic N) is 2. The van der Waals surface area contributed by atoms with Gasteiger partial charge in [-0.25, -0.2) is 0 Å². The molecular formula is C18H24N4O. The number of rotatable bonds is 4. The first-order chi connectivity index (χ1) is 11.2. The molecule has 1 aromatic heterocycles.